The van der Waals surface area contributed by atoms with E-state index >= 15 is 0 Å². The topological polar surface area (TPSA) is 118 Å². The molecule has 1 fully saturated rings. The molecule has 0 radical (unpaired) electrons. The van der Waals surface area contributed by atoms with E-state index in [9.17, 15) is 19.2 Å². The van der Waals surface area contributed by atoms with Gasteiger partial charge in [-0.2, -0.15) is 0 Å². The van der Waals surface area contributed by atoms with E-state index < -0.39 is 5.92 Å². The number of amides is 2. The molecule has 29 heavy (non-hydrogen) atoms. The Morgan fingerprint density at radius 2 is 1.72 bits per heavy atom. The predicted molar refractivity (Wildman–Crippen MR) is 110 cm³/mol. The zero-order chi connectivity index (χ0) is 20.8. The fourth-order valence-corrected chi connectivity index (χ4v) is 4.07. The Labute approximate surface area is 170 Å². The molecule has 7 heteroatoms. The molecular formula is C22H29N3O4. The summed E-state index contributed by atoms with van der Waals surface area (Å²) in [6, 6.07) is 5.33. The number of Topliss-reactive ketones (excluding diaryl/α,β-unsaturated/α-hetero) is 2. The monoisotopic (exact) mass is 399 g/mol. The Balaban J connectivity index is 1.54. The average molecular weight is 399 g/mol. The highest BCUT2D eigenvalue weighted by molar-refractivity contribution is 6.26. The molecule has 1 heterocycles. The number of hydrogen-bond acceptors (Lipinski definition) is 6. The lowest BCUT2D eigenvalue weighted by atomic mass is 9.88. The van der Waals surface area contributed by atoms with E-state index in [-0.39, 0.29) is 29.3 Å². The minimum Gasteiger partial charge on any atom is -0.385 e. The highest BCUT2D eigenvalue weighted by Gasteiger charge is 2.39. The zero-order valence-corrected chi connectivity index (χ0v) is 16.7. The quantitative estimate of drug-likeness (QED) is 0.316. The molecule has 1 aromatic rings. The van der Waals surface area contributed by atoms with E-state index in [0.29, 0.717) is 36.8 Å². The maximum atomic E-state index is 12.8. The van der Waals surface area contributed by atoms with E-state index in [1.165, 1.54) is 0 Å². The van der Waals surface area contributed by atoms with Crippen LogP contribution in [0.25, 0.3) is 0 Å². The summed E-state index contributed by atoms with van der Waals surface area (Å²) in [7, 11) is 0. The number of nitrogens with one attached hydrogen (secondary N) is 2. The van der Waals surface area contributed by atoms with Crippen LogP contribution >= 0.6 is 0 Å². The van der Waals surface area contributed by atoms with Crippen molar-refractivity contribution in [3.8, 4) is 0 Å². The van der Waals surface area contributed by atoms with E-state index in [1.54, 1.807) is 12.1 Å². The number of ketones is 2. The molecule has 2 unspecified atom stereocenters. The van der Waals surface area contributed by atoms with Crippen LogP contribution in [0.3, 0.4) is 0 Å². The van der Waals surface area contributed by atoms with Crippen molar-refractivity contribution in [1.82, 2.24) is 5.32 Å². The Hall–Kier alpha value is -2.54. The van der Waals surface area contributed by atoms with Crippen molar-refractivity contribution < 1.29 is 19.2 Å². The van der Waals surface area contributed by atoms with Gasteiger partial charge in [-0.3, -0.25) is 24.5 Å². The third-order valence-corrected chi connectivity index (χ3v) is 5.80. The first-order chi connectivity index (χ1) is 14.0. The number of imide groups is 1. The molecule has 4 N–H and O–H groups in total. The number of piperidine rings is 1. The number of unbranched alkanes of at least 4 members (excludes halogenated alkanes) is 3. The summed E-state index contributed by atoms with van der Waals surface area (Å²) in [4.78, 5) is 48.6. The summed E-state index contributed by atoms with van der Waals surface area (Å²) < 4.78 is 0. The smallest absolute Gasteiger partial charge is 0.229 e. The van der Waals surface area contributed by atoms with Crippen molar-refractivity contribution in [1.29, 1.82) is 0 Å². The first-order valence-electron chi connectivity index (χ1n) is 10.5. The van der Waals surface area contributed by atoms with Gasteiger partial charge in [0, 0.05) is 35.7 Å². The Morgan fingerprint density at radius 3 is 2.48 bits per heavy atom. The normalized spacial score (nSPS) is 21.3. The Morgan fingerprint density at radius 1 is 0.966 bits per heavy atom. The standard InChI is InChI=1S/C22H29N3O4/c23-11-3-1-2-4-12-24-15-7-9-16-18(13-15)21(28)17(20(16)27)8-5-14-6-10-19(26)25-22(14)29/h7,9,13-14,17,24H,1-6,8,10-12,23H2,(H,25,26,29). The van der Waals surface area contributed by atoms with E-state index in [2.05, 4.69) is 10.6 Å². The van der Waals surface area contributed by atoms with Crippen molar-refractivity contribution in [2.75, 3.05) is 18.4 Å². The minimum atomic E-state index is -0.720. The number of rotatable bonds is 10. The van der Waals surface area contributed by atoms with Crippen LogP contribution in [0.1, 0.15) is 72.1 Å². The molecule has 1 aliphatic heterocycles. The van der Waals surface area contributed by atoms with Crippen molar-refractivity contribution in [2.24, 2.45) is 17.6 Å². The minimum absolute atomic E-state index is 0.161. The number of carbonyl (C=O) groups excluding carboxylic acids is 4. The van der Waals surface area contributed by atoms with Gasteiger partial charge in [-0.25, -0.2) is 0 Å². The molecule has 1 aromatic carbocycles. The van der Waals surface area contributed by atoms with Gasteiger partial charge in [-0.05, 0) is 56.8 Å². The van der Waals surface area contributed by atoms with Crippen molar-refractivity contribution >= 4 is 29.1 Å². The predicted octanol–water partition coefficient (Wildman–Crippen LogP) is 2.45. The van der Waals surface area contributed by atoms with Crippen molar-refractivity contribution in [3.63, 3.8) is 0 Å². The zero-order valence-electron chi connectivity index (χ0n) is 16.7. The van der Waals surface area contributed by atoms with Gasteiger partial charge in [0.25, 0.3) is 0 Å². The Kier molecular flexibility index (Phi) is 7.14. The average Bonchev–Trinajstić information content (AvgIpc) is 2.94. The van der Waals surface area contributed by atoms with Gasteiger partial charge < -0.3 is 11.1 Å². The number of fused-ring (bicyclic) bond motifs is 1. The summed E-state index contributed by atoms with van der Waals surface area (Å²) >= 11 is 0. The number of anilines is 1. The van der Waals surface area contributed by atoms with Crippen molar-refractivity contribution in [2.45, 2.75) is 51.4 Å². The van der Waals surface area contributed by atoms with E-state index in [0.717, 1.165) is 44.5 Å². The van der Waals surface area contributed by atoms with Gasteiger partial charge in [0.15, 0.2) is 11.6 Å². The molecule has 0 bridgehead atoms. The first kappa shape index (κ1) is 21.2. The second-order valence-corrected chi connectivity index (χ2v) is 7.90. The van der Waals surface area contributed by atoms with Crippen LogP contribution in [0, 0.1) is 11.8 Å². The van der Waals surface area contributed by atoms with Crippen LogP contribution in [0.5, 0.6) is 0 Å². The largest absolute Gasteiger partial charge is 0.385 e. The Bertz CT molecular complexity index is 805. The van der Waals surface area contributed by atoms with E-state index in [4.69, 9.17) is 5.73 Å². The lowest BCUT2D eigenvalue weighted by Gasteiger charge is -2.21. The summed E-state index contributed by atoms with van der Waals surface area (Å²) in [5, 5.41) is 5.64. The molecule has 0 saturated carbocycles. The summed E-state index contributed by atoms with van der Waals surface area (Å²) in [5.41, 5.74) is 7.27. The second kappa shape index (κ2) is 9.78. The SMILES string of the molecule is NCCCCCCNc1ccc2c(c1)C(=O)C(CCC1CCC(=O)NC1=O)C2=O. The molecule has 2 atom stereocenters. The fraction of sp³-hybridized carbons (Fsp3) is 0.545. The fourth-order valence-electron chi connectivity index (χ4n) is 4.07. The summed E-state index contributed by atoms with van der Waals surface area (Å²) in [6.07, 6.45) is 5.84. The van der Waals surface area contributed by atoms with Crippen LogP contribution < -0.4 is 16.4 Å². The number of carbonyl (C=O) groups is 4. The van der Waals surface area contributed by atoms with Crippen LogP contribution in [0.4, 0.5) is 5.69 Å². The van der Waals surface area contributed by atoms with Crippen LogP contribution in [-0.2, 0) is 9.59 Å². The van der Waals surface area contributed by atoms with Gasteiger partial charge in [-0.15, -0.1) is 0 Å². The highest BCUT2D eigenvalue weighted by Crippen LogP contribution is 2.33. The van der Waals surface area contributed by atoms with Gasteiger partial charge in [0.05, 0.1) is 5.92 Å². The van der Waals surface area contributed by atoms with Gasteiger partial charge >= 0.3 is 0 Å². The summed E-state index contributed by atoms with van der Waals surface area (Å²) in [5.74, 6) is -1.91. The molecule has 7 nitrogen and oxygen atoms in total. The summed E-state index contributed by atoms with van der Waals surface area (Å²) in [6.45, 7) is 1.53. The van der Waals surface area contributed by atoms with Gasteiger partial charge in [0.1, 0.15) is 0 Å². The lowest BCUT2D eigenvalue weighted by molar-refractivity contribution is -0.136. The maximum Gasteiger partial charge on any atom is 0.229 e. The highest BCUT2D eigenvalue weighted by atomic mass is 16.2. The molecule has 1 saturated heterocycles. The van der Waals surface area contributed by atoms with E-state index in [1.807, 2.05) is 6.07 Å². The molecule has 2 amide bonds. The number of nitrogens with two attached hydrogens (primary N) is 1. The van der Waals surface area contributed by atoms with Crippen LogP contribution in [0.15, 0.2) is 18.2 Å². The molecule has 1 aliphatic carbocycles. The number of benzene rings is 1. The lowest BCUT2D eigenvalue weighted by Crippen LogP contribution is -2.40. The van der Waals surface area contributed by atoms with Crippen LogP contribution in [-0.4, -0.2) is 36.5 Å². The molecular weight excluding hydrogens is 370 g/mol. The molecule has 0 aromatic heterocycles. The third kappa shape index (κ3) is 5.09. The van der Waals surface area contributed by atoms with Gasteiger partial charge in [-0.1, -0.05) is 12.8 Å². The van der Waals surface area contributed by atoms with Gasteiger partial charge in [0.2, 0.25) is 11.8 Å². The number of hydrogen-bond donors (Lipinski definition) is 3. The maximum absolute atomic E-state index is 12.8. The van der Waals surface area contributed by atoms with Crippen LogP contribution in [0.2, 0.25) is 0 Å². The molecule has 2 aliphatic rings. The molecule has 156 valence electrons. The molecule has 3 rings (SSSR count). The second-order valence-electron chi connectivity index (χ2n) is 7.90. The third-order valence-electron chi connectivity index (χ3n) is 5.80. The first-order valence-corrected chi connectivity index (χ1v) is 10.5. The van der Waals surface area contributed by atoms with Crippen molar-refractivity contribution in [3.05, 3.63) is 29.3 Å². The molecule has 0 spiro atoms.